The lowest BCUT2D eigenvalue weighted by Crippen LogP contribution is -2.39. The SMILES string of the molecule is CC1=CNC2C(=C1)c1cc(C)ccc1N2c1ccc2c(c1)C1=CC=CNC1N2c1ccc(-n2c(C)c(CCN)c3cc(-c4ccccc4)ccc32)cc1. The number of hydrogen-bond acceptors (Lipinski definition) is 5. The van der Waals surface area contributed by atoms with E-state index in [-0.39, 0.29) is 12.3 Å². The minimum atomic E-state index is 0.000156. The number of hydrogen-bond donors (Lipinski definition) is 3. The number of dihydropyridines is 2. The predicted molar refractivity (Wildman–Crippen MR) is 221 cm³/mol. The fourth-order valence-corrected chi connectivity index (χ4v) is 8.94. The van der Waals surface area contributed by atoms with Crippen LogP contribution in [0.2, 0.25) is 0 Å². The van der Waals surface area contributed by atoms with Gasteiger partial charge in [0.1, 0.15) is 12.3 Å². The maximum absolute atomic E-state index is 6.16. The zero-order chi connectivity index (χ0) is 35.8. The first-order chi connectivity index (χ1) is 26.0. The quantitative estimate of drug-likeness (QED) is 0.163. The van der Waals surface area contributed by atoms with Gasteiger partial charge in [-0.2, -0.15) is 0 Å². The molecule has 5 aromatic carbocycles. The van der Waals surface area contributed by atoms with Gasteiger partial charge in [-0.05, 0) is 135 Å². The van der Waals surface area contributed by atoms with Crippen molar-refractivity contribution in [1.29, 1.82) is 0 Å². The van der Waals surface area contributed by atoms with E-state index in [2.05, 4.69) is 186 Å². The molecule has 10 rings (SSSR count). The molecule has 0 saturated heterocycles. The monoisotopic (exact) mass is 690 g/mol. The molecule has 4 aliphatic rings. The summed E-state index contributed by atoms with van der Waals surface area (Å²) in [5.74, 6) is 0. The maximum Gasteiger partial charge on any atom is 0.130 e. The zero-order valence-corrected chi connectivity index (χ0v) is 30.3. The number of nitrogens with two attached hydrogens (primary N) is 1. The summed E-state index contributed by atoms with van der Waals surface area (Å²) in [6.45, 7) is 7.17. The molecule has 2 unspecified atom stereocenters. The molecule has 0 radical (unpaired) electrons. The first kappa shape index (κ1) is 31.5. The van der Waals surface area contributed by atoms with Crippen LogP contribution in [0.1, 0.15) is 34.9 Å². The van der Waals surface area contributed by atoms with E-state index in [4.69, 9.17) is 5.73 Å². The van der Waals surface area contributed by atoms with E-state index in [1.54, 1.807) is 0 Å². The van der Waals surface area contributed by atoms with Crippen molar-refractivity contribution >= 4 is 44.8 Å². The number of anilines is 4. The van der Waals surface area contributed by atoms with Gasteiger partial charge in [-0.3, -0.25) is 0 Å². The second-order valence-corrected chi connectivity index (χ2v) is 14.6. The van der Waals surface area contributed by atoms with Gasteiger partial charge in [-0.25, -0.2) is 0 Å². The summed E-state index contributed by atoms with van der Waals surface area (Å²) < 4.78 is 2.39. The van der Waals surface area contributed by atoms with Crippen molar-refractivity contribution in [2.75, 3.05) is 16.3 Å². The third-order valence-electron chi connectivity index (χ3n) is 11.4. The Hall–Kier alpha value is -6.24. The lowest BCUT2D eigenvalue weighted by atomic mass is 10.00. The molecule has 2 atom stereocenters. The van der Waals surface area contributed by atoms with E-state index in [9.17, 15) is 0 Å². The number of nitrogens with one attached hydrogen (secondary N) is 2. The van der Waals surface area contributed by atoms with Crippen LogP contribution < -0.4 is 26.2 Å². The second-order valence-electron chi connectivity index (χ2n) is 14.6. The van der Waals surface area contributed by atoms with Gasteiger partial charge in [-0.1, -0.05) is 60.2 Å². The van der Waals surface area contributed by atoms with Crippen molar-refractivity contribution in [2.45, 2.75) is 39.5 Å². The topological polar surface area (TPSA) is 61.5 Å². The molecule has 5 heterocycles. The van der Waals surface area contributed by atoms with Crippen molar-refractivity contribution in [3.05, 3.63) is 173 Å². The summed E-state index contributed by atoms with van der Waals surface area (Å²) >= 11 is 0. The fraction of sp³-hybridized carbons (Fsp3) is 0.149. The Morgan fingerprint density at radius 1 is 0.660 bits per heavy atom. The Bertz CT molecular complexity index is 2570. The summed E-state index contributed by atoms with van der Waals surface area (Å²) in [6.07, 6.45) is 11.8. The van der Waals surface area contributed by atoms with Crippen LogP contribution >= 0.6 is 0 Å². The second kappa shape index (κ2) is 12.2. The Balaban J connectivity index is 1.03. The number of rotatable bonds is 6. The zero-order valence-electron chi connectivity index (χ0n) is 30.3. The van der Waals surface area contributed by atoms with Crippen molar-refractivity contribution in [3.8, 4) is 16.8 Å². The van der Waals surface area contributed by atoms with Crippen LogP contribution in [-0.4, -0.2) is 23.4 Å². The van der Waals surface area contributed by atoms with Crippen LogP contribution in [0, 0.1) is 13.8 Å². The summed E-state index contributed by atoms with van der Waals surface area (Å²) in [5, 5.41) is 8.63. The van der Waals surface area contributed by atoms with Crippen molar-refractivity contribution in [1.82, 2.24) is 15.2 Å². The molecule has 4 aliphatic heterocycles. The Morgan fingerprint density at radius 2 is 1.38 bits per heavy atom. The number of fused-ring (bicyclic) bond motifs is 7. The van der Waals surface area contributed by atoms with Crippen LogP contribution in [-0.2, 0) is 6.42 Å². The molecule has 0 bridgehead atoms. The molecule has 0 spiro atoms. The van der Waals surface area contributed by atoms with Gasteiger partial charge in [0.15, 0.2) is 0 Å². The Kier molecular flexibility index (Phi) is 7.24. The number of allylic oxidation sites excluding steroid dienone is 4. The number of aryl methyl sites for hydroxylation is 1. The van der Waals surface area contributed by atoms with Gasteiger partial charge in [0.05, 0.1) is 16.9 Å². The Labute approximate surface area is 310 Å². The maximum atomic E-state index is 6.16. The highest BCUT2D eigenvalue weighted by molar-refractivity contribution is 5.98. The average Bonchev–Trinajstić information content (AvgIpc) is 3.79. The summed E-state index contributed by atoms with van der Waals surface area (Å²) in [5.41, 5.74) is 25.9. The summed E-state index contributed by atoms with van der Waals surface area (Å²) in [4.78, 5) is 4.89. The van der Waals surface area contributed by atoms with E-state index in [0.717, 1.165) is 17.8 Å². The van der Waals surface area contributed by atoms with E-state index >= 15 is 0 Å². The number of nitrogens with zero attached hydrogens (tertiary/aromatic N) is 3. The van der Waals surface area contributed by atoms with Gasteiger partial charge in [-0.15, -0.1) is 0 Å². The van der Waals surface area contributed by atoms with Crippen LogP contribution in [0.25, 0.3) is 38.9 Å². The van der Waals surface area contributed by atoms with Gasteiger partial charge in [0.25, 0.3) is 0 Å². The molecule has 4 N–H and O–H groups in total. The third kappa shape index (κ3) is 4.90. The molecule has 6 aromatic rings. The fourth-order valence-electron chi connectivity index (χ4n) is 8.94. The summed E-state index contributed by atoms with van der Waals surface area (Å²) in [6, 6.07) is 40.2. The minimum Gasteiger partial charge on any atom is -0.367 e. The first-order valence-electron chi connectivity index (χ1n) is 18.6. The molecule has 6 nitrogen and oxygen atoms in total. The van der Waals surface area contributed by atoms with Crippen LogP contribution in [0.5, 0.6) is 0 Å². The van der Waals surface area contributed by atoms with Gasteiger partial charge in [0, 0.05) is 56.6 Å². The third-order valence-corrected chi connectivity index (χ3v) is 11.4. The molecule has 0 aliphatic carbocycles. The normalized spacial score (nSPS) is 18.1. The van der Waals surface area contributed by atoms with Crippen molar-refractivity contribution in [3.63, 3.8) is 0 Å². The van der Waals surface area contributed by atoms with E-state index in [0.29, 0.717) is 6.54 Å². The van der Waals surface area contributed by atoms with Gasteiger partial charge < -0.3 is 30.7 Å². The molecule has 0 saturated carbocycles. The lowest BCUT2D eigenvalue weighted by Gasteiger charge is -2.31. The minimum absolute atomic E-state index is 0.000156. The highest BCUT2D eigenvalue weighted by Gasteiger charge is 2.39. The van der Waals surface area contributed by atoms with Gasteiger partial charge >= 0.3 is 0 Å². The molecule has 0 amide bonds. The highest BCUT2D eigenvalue weighted by Crippen LogP contribution is 2.50. The highest BCUT2D eigenvalue weighted by atomic mass is 15.3. The number of benzene rings is 5. The molecule has 1 aromatic heterocycles. The predicted octanol–water partition coefficient (Wildman–Crippen LogP) is 9.76. The van der Waals surface area contributed by atoms with Crippen LogP contribution in [0.4, 0.5) is 22.7 Å². The van der Waals surface area contributed by atoms with E-state index in [1.165, 1.54) is 83.8 Å². The molecular formula is C47H42N6. The molecule has 53 heavy (non-hydrogen) atoms. The van der Waals surface area contributed by atoms with E-state index < -0.39 is 0 Å². The largest absolute Gasteiger partial charge is 0.367 e. The standard InChI is InChI=1S/C47H42N6/c1-29-11-18-44-39(24-29)42-25-30(2)28-50-47(42)53(44)36-17-20-45-41(27-36)38-10-7-23-49-46(38)52(45)35-15-13-34(14-16-35)51-31(3)37(21-22-48)40-26-33(12-19-43(40)51)32-8-5-4-6-9-32/h4-20,23-28,46-47,49-50H,21-22,48H2,1-3H3. The first-order valence-corrected chi connectivity index (χ1v) is 18.6. The summed E-state index contributed by atoms with van der Waals surface area (Å²) in [7, 11) is 0. The van der Waals surface area contributed by atoms with Crippen molar-refractivity contribution in [2.24, 2.45) is 5.73 Å². The average molecular weight is 691 g/mol. The smallest absolute Gasteiger partial charge is 0.130 e. The Morgan fingerprint density at radius 3 is 2.19 bits per heavy atom. The van der Waals surface area contributed by atoms with Crippen LogP contribution in [0.15, 0.2) is 145 Å². The lowest BCUT2D eigenvalue weighted by molar-refractivity contribution is 0.732. The molecule has 6 heteroatoms. The molecular weight excluding hydrogens is 649 g/mol. The van der Waals surface area contributed by atoms with Gasteiger partial charge in [0.2, 0.25) is 0 Å². The molecule has 0 fully saturated rings. The van der Waals surface area contributed by atoms with Crippen molar-refractivity contribution < 1.29 is 0 Å². The molecule has 260 valence electrons. The van der Waals surface area contributed by atoms with E-state index in [1.807, 2.05) is 0 Å². The number of aromatic nitrogens is 1. The van der Waals surface area contributed by atoms with Crippen LogP contribution in [0.3, 0.4) is 0 Å².